The number of nitrogens with one attached hydrogen (secondary N) is 1. The van der Waals surface area contributed by atoms with E-state index in [0.29, 0.717) is 10.2 Å². The number of aromatic nitrogens is 2. The van der Waals surface area contributed by atoms with E-state index in [0.717, 1.165) is 16.0 Å². The second-order valence-corrected chi connectivity index (χ2v) is 7.29. The van der Waals surface area contributed by atoms with Crippen LogP contribution in [0.3, 0.4) is 0 Å². The topological polar surface area (TPSA) is 96.6 Å². The molecular formula is C21H16N4O3S. The first-order valence-electron chi connectivity index (χ1n) is 8.75. The zero-order valence-corrected chi connectivity index (χ0v) is 16.0. The Morgan fingerprint density at radius 2 is 1.93 bits per heavy atom. The van der Waals surface area contributed by atoms with Crippen LogP contribution in [0.4, 0.5) is 0 Å². The molecule has 2 N–H and O–H groups in total. The first kappa shape index (κ1) is 18.6. The van der Waals surface area contributed by atoms with Crippen molar-refractivity contribution in [3.8, 4) is 16.2 Å². The summed E-state index contributed by atoms with van der Waals surface area (Å²) in [5.41, 5.74) is 3.85. The number of carbonyl (C=O) groups excluding carboxylic acids is 1. The summed E-state index contributed by atoms with van der Waals surface area (Å²) in [4.78, 5) is 30.7. The van der Waals surface area contributed by atoms with Crippen molar-refractivity contribution in [1.82, 2.24) is 15.0 Å². The van der Waals surface area contributed by atoms with Crippen molar-refractivity contribution in [2.45, 2.75) is 6.54 Å². The molecule has 0 spiro atoms. The maximum atomic E-state index is 12.7. The number of phenols is 1. The van der Waals surface area contributed by atoms with Gasteiger partial charge in [0.1, 0.15) is 17.1 Å². The van der Waals surface area contributed by atoms with Gasteiger partial charge in [0.15, 0.2) is 0 Å². The average Bonchev–Trinajstić information content (AvgIpc) is 3.18. The number of hydrogen-bond donors (Lipinski definition) is 2. The third-order valence-electron chi connectivity index (χ3n) is 4.19. The molecule has 144 valence electrons. The van der Waals surface area contributed by atoms with Gasteiger partial charge >= 0.3 is 0 Å². The molecule has 2 heterocycles. The second kappa shape index (κ2) is 8.07. The van der Waals surface area contributed by atoms with Crippen LogP contribution in [0.2, 0.25) is 0 Å². The van der Waals surface area contributed by atoms with Gasteiger partial charge in [-0.3, -0.25) is 14.2 Å². The van der Waals surface area contributed by atoms with E-state index < -0.39 is 5.91 Å². The van der Waals surface area contributed by atoms with E-state index >= 15 is 0 Å². The summed E-state index contributed by atoms with van der Waals surface area (Å²) >= 11 is 1.44. The van der Waals surface area contributed by atoms with E-state index in [9.17, 15) is 14.7 Å². The summed E-state index contributed by atoms with van der Waals surface area (Å²) in [7, 11) is 0. The fourth-order valence-corrected chi connectivity index (χ4v) is 3.74. The number of carbonyl (C=O) groups is 1. The predicted molar refractivity (Wildman–Crippen MR) is 113 cm³/mol. The molecule has 0 radical (unpaired) electrons. The van der Waals surface area contributed by atoms with E-state index in [-0.39, 0.29) is 17.9 Å². The van der Waals surface area contributed by atoms with Gasteiger partial charge in [-0.15, -0.1) is 11.3 Å². The van der Waals surface area contributed by atoms with Gasteiger partial charge in [-0.25, -0.2) is 10.4 Å². The molecule has 4 aromatic rings. The Labute approximate surface area is 169 Å². The van der Waals surface area contributed by atoms with Crippen molar-refractivity contribution in [1.29, 1.82) is 0 Å². The molecule has 0 saturated heterocycles. The first-order valence-corrected chi connectivity index (χ1v) is 9.57. The lowest BCUT2D eigenvalue weighted by Crippen LogP contribution is -2.29. The number of benzene rings is 2. The Morgan fingerprint density at radius 1 is 1.17 bits per heavy atom. The van der Waals surface area contributed by atoms with Crippen molar-refractivity contribution >= 4 is 33.7 Å². The van der Waals surface area contributed by atoms with E-state index in [1.165, 1.54) is 40.6 Å². The molecule has 0 atom stereocenters. The number of hydrazone groups is 1. The summed E-state index contributed by atoms with van der Waals surface area (Å²) in [6.07, 6.45) is 2.83. The highest BCUT2D eigenvalue weighted by molar-refractivity contribution is 7.21. The minimum absolute atomic E-state index is 0.150. The number of hydrogen-bond acceptors (Lipinski definition) is 6. The van der Waals surface area contributed by atoms with Gasteiger partial charge in [0, 0.05) is 4.88 Å². The van der Waals surface area contributed by atoms with E-state index in [1.807, 2.05) is 36.4 Å². The fraction of sp³-hybridized carbons (Fsp3) is 0.0476. The molecule has 0 aliphatic carbocycles. The first-order chi connectivity index (χ1) is 14.1. The molecule has 0 aliphatic rings. The molecule has 29 heavy (non-hydrogen) atoms. The number of nitrogens with zero attached hydrogens (tertiary/aromatic N) is 3. The number of aromatic hydroxyl groups is 1. The van der Waals surface area contributed by atoms with Crippen LogP contribution in [0.25, 0.3) is 20.7 Å². The molecule has 0 fully saturated rings. The number of thiophene rings is 1. The van der Waals surface area contributed by atoms with Crippen LogP contribution < -0.4 is 11.0 Å². The van der Waals surface area contributed by atoms with Crippen LogP contribution in [0.15, 0.2) is 76.9 Å². The Kier molecular flexibility index (Phi) is 5.17. The molecule has 0 unspecified atom stereocenters. The lowest BCUT2D eigenvalue weighted by atomic mass is 10.2. The van der Waals surface area contributed by atoms with Crippen LogP contribution in [-0.2, 0) is 11.3 Å². The van der Waals surface area contributed by atoms with Gasteiger partial charge in [-0.1, -0.05) is 30.3 Å². The monoisotopic (exact) mass is 404 g/mol. The smallest absolute Gasteiger partial charge is 0.262 e. The zero-order chi connectivity index (χ0) is 20.2. The Hall–Kier alpha value is -3.78. The summed E-state index contributed by atoms with van der Waals surface area (Å²) < 4.78 is 1.26. The summed E-state index contributed by atoms with van der Waals surface area (Å²) in [6.45, 7) is -0.189. The van der Waals surface area contributed by atoms with E-state index in [4.69, 9.17) is 0 Å². The second-order valence-electron chi connectivity index (χ2n) is 6.26. The van der Waals surface area contributed by atoms with Crippen molar-refractivity contribution in [2.24, 2.45) is 5.10 Å². The molecule has 8 heteroatoms. The van der Waals surface area contributed by atoms with Gasteiger partial charge in [-0.2, -0.15) is 5.10 Å². The van der Waals surface area contributed by atoms with Gasteiger partial charge < -0.3 is 5.11 Å². The standard InChI is InChI=1S/C21H16N4O3S/c26-16-8-6-14(7-9-16)11-23-24-19(27)12-25-13-22-20-17(21(25)28)10-18(29-20)15-4-2-1-3-5-15/h1-11,13,26H,12H2,(H,24,27). The lowest BCUT2D eigenvalue weighted by molar-refractivity contribution is -0.121. The largest absolute Gasteiger partial charge is 0.508 e. The van der Waals surface area contributed by atoms with Crippen LogP contribution in [0.5, 0.6) is 5.75 Å². The molecule has 2 aromatic carbocycles. The van der Waals surface area contributed by atoms with Gasteiger partial charge in [0.25, 0.3) is 11.5 Å². The van der Waals surface area contributed by atoms with Crippen molar-refractivity contribution in [2.75, 3.05) is 0 Å². The highest BCUT2D eigenvalue weighted by Crippen LogP contribution is 2.30. The molecule has 7 nitrogen and oxygen atoms in total. The SMILES string of the molecule is O=C(Cn1cnc2sc(-c3ccccc3)cc2c1=O)NN=Cc1ccc(O)cc1. The molecule has 4 rings (SSSR count). The van der Waals surface area contributed by atoms with Gasteiger partial charge in [0.05, 0.1) is 17.9 Å². The maximum Gasteiger partial charge on any atom is 0.262 e. The van der Waals surface area contributed by atoms with Crippen LogP contribution in [-0.4, -0.2) is 26.8 Å². The highest BCUT2D eigenvalue weighted by Gasteiger charge is 2.12. The third-order valence-corrected chi connectivity index (χ3v) is 5.28. The minimum atomic E-state index is -0.443. The Balaban J connectivity index is 1.49. The quantitative estimate of drug-likeness (QED) is 0.395. The molecule has 0 saturated carbocycles. The minimum Gasteiger partial charge on any atom is -0.508 e. The van der Waals surface area contributed by atoms with Gasteiger partial charge in [-0.05, 0) is 41.5 Å². The number of phenolic OH excluding ortho intramolecular Hbond substituents is 1. The predicted octanol–water partition coefficient (Wildman–Crippen LogP) is 2.98. The Morgan fingerprint density at radius 3 is 2.69 bits per heavy atom. The van der Waals surface area contributed by atoms with Crippen LogP contribution >= 0.6 is 11.3 Å². The van der Waals surface area contributed by atoms with Crippen molar-refractivity contribution < 1.29 is 9.90 Å². The average molecular weight is 404 g/mol. The maximum absolute atomic E-state index is 12.7. The lowest BCUT2D eigenvalue weighted by Gasteiger charge is -2.03. The van der Waals surface area contributed by atoms with E-state index in [1.54, 1.807) is 12.1 Å². The third kappa shape index (κ3) is 4.22. The normalized spacial score (nSPS) is 11.2. The summed E-state index contributed by atoms with van der Waals surface area (Å²) in [5.74, 6) is -0.293. The number of amides is 1. The summed E-state index contributed by atoms with van der Waals surface area (Å²) in [5, 5.41) is 13.6. The van der Waals surface area contributed by atoms with Gasteiger partial charge in [0.2, 0.25) is 0 Å². The number of rotatable bonds is 5. The molecule has 0 aliphatic heterocycles. The molecule has 0 bridgehead atoms. The number of fused-ring (bicyclic) bond motifs is 1. The van der Waals surface area contributed by atoms with E-state index in [2.05, 4.69) is 15.5 Å². The Bertz CT molecular complexity index is 1240. The van der Waals surface area contributed by atoms with Crippen LogP contribution in [0, 0.1) is 0 Å². The van der Waals surface area contributed by atoms with Crippen molar-refractivity contribution in [3.05, 3.63) is 82.9 Å². The van der Waals surface area contributed by atoms with Crippen LogP contribution in [0.1, 0.15) is 5.56 Å². The zero-order valence-electron chi connectivity index (χ0n) is 15.1. The molecule has 2 aromatic heterocycles. The molecular weight excluding hydrogens is 388 g/mol. The highest BCUT2D eigenvalue weighted by atomic mass is 32.1. The summed E-state index contributed by atoms with van der Waals surface area (Å²) in [6, 6.07) is 17.9. The van der Waals surface area contributed by atoms with Crippen molar-refractivity contribution in [3.63, 3.8) is 0 Å². The molecule has 1 amide bonds. The fourth-order valence-electron chi connectivity index (χ4n) is 2.75.